The van der Waals surface area contributed by atoms with Crippen LogP contribution in [0.15, 0.2) is 55.2 Å². The lowest BCUT2D eigenvalue weighted by Gasteiger charge is -2.10. The van der Waals surface area contributed by atoms with Crippen LogP contribution in [0.5, 0.6) is 5.75 Å². The van der Waals surface area contributed by atoms with Crippen LogP contribution in [0.1, 0.15) is 5.69 Å². The zero-order valence-corrected chi connectivity index (χ0v) is 10.6. The van der Waals surface area contributed by atoms with Gasteiger partial charge in [-0.1, -0.05) is 18.2 Å². The Labute approximate surface area is 115 Å². The number of halogens is 1. The quantitative estimate of drug-likeness (QED) is 0.791. The van der Waals surface area contributed by atoms with Crippen molar-refractivity contribution in [3.63, 3.8) is 0 Å². The highest BCUT2D eigenvalue weighted by molar-refractivity contribution is 5.69. The fourth-order valence-electron chi connectivity index (χ4n) is 1.91. The minimum Gasteiger partial charge on any atom is -0.487 e. The first-order chi connectivity index (χ1) is 9.83. The summed E-state index contributed by atoms with van der Waals surface area (Å²) >= 11 is 0. The van der Waals surface area contributed by atoms with E-state index in [0.717, 1.165) is 11.3 Å². The second-order valence-electron chi connectivity index (χ2n) is 4.25. The second-order valence-corrected chi connectivity index (χ2v) is 4.25. The number of hydrogen-bond acceptors (Lipinski definition) is 3. The topological polar surface area (TPSA) is 50.8 Å². The molecule has 5 heteroatoms. The first-order valence-electron chi connectivity index (χ1n) is 6.13. The summed E-state index contributed by atoms with van der Waals surface area (Å²) < 4.78 is 19.0. The third kappa shape index (κ3) is 2.66. The van der Waals surface area contributed by atoms with Gasteiger partial charge in [-0.3, -0.25) is 4.98 Å². The molecule has 0 radical (unpaired) electrons. The van der Waals surface area contributed by atoms with Gasteiger partial charge in [-0.25, -0.2) is 9.37 Å². The van der Waals surface area contributed by atoms with E-state index < -0.39 is 0 Å². The molecule has 0 atom stereocenters. The van der Waals surface area contributed by atoms with Crippen LogP contribution in [0.3, 0.4) is 0 Å². The van der Waals surface area contributed by atoms with E-state index in [4.69, 9.17) is 4.74 Å². The van der Waals surface area contributed by atoms with E-state index in [2.05, 4.69) is 15.0 Å². The Morgan fingerprint density at radius 2 is 2.00 bits per heavy atom. The molecule has 0 aliphatic carbocycles. The maximum absolute atomic E-state index is 13.3. The molecule has 100 valence electrons. The molecule has 1 N–H and O–H groups in total. The van der Waals surface area contributed by atoms with Gasteiger partial charge in [0.25, 0.3) is 0 Å². The SMILES string of the molecule is Fc1cncc(-c2ccccc2OCc2cnc[nH]2)c1. The normalized spacial score (nSPS) is 10.4. The number of aromatic nitrogens is 3. The van der Waals surface area contributed by atoms with Crippen molar-refractivity contribution < 1.29 is 9.13 Å². The Morgan fingerprint density at radius 1 is 1.10 bits per heavy atom. The highest BCUT2D eigenvalue weighted by atomic mass is 19.1. The summed E-state index contributed by atoms with van der Waals surface area (Å²) in [5.74, 6) is 0.306. The fraction of sp³-hybridized carbons (Fsp3) is 0.0667. The summed E-state index contributed by atoms with van der Waals surface area (Å²) in [7, 11) is 0. The number of ether oxygens (including phenoxy) is 1. The van der Waals surface area contributed by atoms with Crippen molar-refractivity contribution >= 4 is 0 Å². The number of rotatable bonds is 4. The monoisotopic (exact) mass is 269 g/mol. The fourth-order valence-corrected chi connectivity index (χ4v) is 1.91. The van der Waals surface area contributed by atoms with E-state index in [1.54, 1.807) is 18.7 Å². The number of nitrogens with one attached hydrogen (secondary N) is 1. The standard InChI is InChI=1S/C15H12FN3O/c16-12-5-11(6-17-7-12)14-3-1-2-4-15(14)20-9-13-8-18-10-19-13/h1-8,10H,9H2,(H,18,19). The lowest BCUT2D eigenvalue weighted by Crippen LogP contribution is -1.97. The van der Waals surface area contributed by atoms with E-state index in [0.29, 0.717) is 17.9 Å². The maximum atomic E-state index is 13.3. The molecule has 0 unspecified atom stereocenters. The molecule has 0 aliphatic rings. The van der Waals surface area contributed by atoms with Crippen molar-refractivity contribution in [1.29, 1.82) is 0 Å². The summed E-state index contributed by atoms with van der Waals surface area (Å²) in [6.07, 6.45) is 6.09. The highest BCUT2D eigenvalue weighted by Crippen LogP contribution is 2.30. The maximum Gasteiger partial charge on any atom is 0.142 e. The minimum absolute atomic E-state index is 0.370. The Balaban J connectivity index is 1.88. The predicted octanol–water partition coefficient (Wildman–Crippen LogP) is 3.19. The van der Waals surface area contributed by atoms with Crippen LogP contribution < -0.4 is 4.74 Å². The van der Waals surface area contributed by atoms with Gasteiger partial charge >= 0.3 is 0 Å². The van der Waals surface area contributed by atoms with Crippen molar-refractivity contribution in [2.75, 3.05) is 0 Å². The molecule has 0 bridgehead atoms. The molecule has 0 spiro atoms. The summed E-state index contributed by atoms with van der Waals surface area (Å²) in [6.45, 7) is 0.375. The molecule has 0 aliphatic heterocycles. The number of H-pyrrole nitrogens is 1. The van der Waals surface area contributed by atoms with Crippen molar-refractivity contribution in [1.82, 2.24) is 15.0 Å². The van der Waals surface area contributed by atoms with Gasteiger partial charge in [0.1, 0.15) is 18.2 Å². The Hall–Kier alpha value is -2.69. The largest absolute Gasteiger partial charge is 0.487 e. The van der Waals surface area contributed by atoms with E-state index in [1.165, 1.54) is 12.3 Å². The van der Waals surface area contributed by atoms with Gasteiger partial charge in [0.05, 0.1) is 24.4 Å². The summed E-state index contributed by atoms with van der Waals surface area (Å²) in [5.41, 5.74) is 2.36. The van der Waals surface area contributed by atoms with Crippen LogP contribution >= 0.6 is 0 Å². The summed E-state index contributed by atoms with van der Waals surface area (Å²) in [6, 6.07) is 8.91. The minimum atomic E-state index is -0.370. The van der Waals surface area contributed by atoms with Crippen molar-refractivity contribution in [2.45, 2.75) is 6.61 Å². The molecule has 2 heterocycles. The van der Waals surface area contributed by atoms with E-state index in [9.17, 15) is 4.39 Å². The summed E-state index contributed by atoms with van der Waals surface area (Å²) in [5, 5.41) is 0. The van der Waals surface area contributed by atoms with Crippen LogP contribution in [0, 0.1) is 5.82 Å². The first kappa shape index (κ1) is 12.3. The van der Waals surface area contributed by atoms with E-state index >= 15 is 0 Å². The van der Waals surface area contributed by atoms with Gasteiger partial charge in [0, 0.05) is 17.3 Å². The lowest BCUT2D eigenvalue weighted by molar-refractivity contribution is 0.303. The van der Waals surface area contributed by atoms with Crippen LogP contribution in [0.25, 0.3) is 11.1 Å². The number of aromatic amines is 1. The molecule has 0 saturated carbocycles. The Kier molecular flexibility index (Phi) is 3.41. The molecule has 2 aromatic heterocycles. The lowest BCUT2D eigenvalue weighted by atomic mass is 10.1. The van der Waals surface area contributed by atoms with Gasteiger partial charge in [0.15, 0.2) is 0 Å². The second kappa shape index (κ2) is 5.52. The zero-order chi connectivity index (χ0) is 13.8. The number of nitrogens with zero attached hydrogens (tertiary/aromatic N) is 2. The molecule has 20 heavy (non-hydrogen) atoms. The predicted molar refractivity (Wildman–Crippen MR) is 72.6 cm³/mol. The van der Waals surface area contributed by atoms with Crippen LogP contribution in [-0.2, 0) is 6.61 Å². The average Bonchev–Trinajstić information content (AvgIpc) is 2.99. The molecule has 0 saturated heterocycles. The molecular weight excluding hydrogens is 257 g/mol. The molecule has 0 amide bonds. The Morgan fingerprint density at radius 3 is 2.80 bits per heavy atom. The number of hydrogen-bond donors (Lipinski definition) is 1. The van der Waals surface area contributed by atoms with Crippen LogP contribution in [0.2, 0.25) is 0 Å². The molecule has 0 fully saturated rings. The molecule has 3 rings (SSSR count). The van der Waals surface area contributed by atoms with Gasteiger partial charge < -0.3 is 9.72 Å². The van der Waals surface area contributed by atoms with Crippen molar-refractivity contribution in [2.24, 2.45) is 0 Å². The third-order valence-electron chi connectivity index (χ3n) is 2.84. The summed E-state index contributed by atoms with van der Waals surface area (Å²) in [4.78, 5) is 10.8. The van der Waals surface area contributed by atoms with Crippen LogP contribution in [0.4, 0.5) is 4.39 Å². The number of pyridine rings is 1. The number of imidazole rings is 1. The smallest absolute Gasteiger partial charge is 0.142 e. The van der Waals surface area contributed by atoms with Gasteiger partial charge in [-0.15, -0.1) is 0 Å². The molecule has 4 nitrogen and oxygen atoms in total. The number of benzene rings is 1. The van der Waals surface area contributed by atoms with Gasteiger partial charge in [0.2, 0.25) is 0 Å². The van der Waals surface area contributed by atoms with Crippen molar-refractivity contribution in [3.8, 4) is 16.9 Å². The number of para-hydroxylation sites is 1. The van der Waals surface area contributed by atoms with Crippen molar-refractivity contribution in [3.05, 3.63) is 66.8 Å². The first-order valence-corrected chi connectivity index (χ1v) is 6.13. The zero-order valence-electron chi connectivity index (χ0n) is 10.6. The van der Waals surface area contributed by atoms with E-state index in [1.807, 2.05) is 24.3 Å². The van der Waals surface area contributed by atoms with E-state index in [-0.39, 0.29) is 5.82 Å². The molecular formula is C15H12FN3O. The average molecular weight is 269 g/mol. The molecule has 1 aromatic carbocycles. The molecule has 3 aromatic rings. The third-order valence-corrected chi connectivity index (χ3v) is 2.84. The highest BCUT2D eigenvalue weighted by Gasteiger charge is 2.07. The Bertz CT molecular complexity index is 698. The van der Waals surface area contributed by atoms with Gasteiger partial charge in [-0.05, 0) is 12.1 Å². The van der Waals surface area contributed by atoms with Gasteiger partial charge in [-0.2, -0.15) is 0 Å². The van der Waals surface area contributed by atoms with Crippen LogP contribution in [-0.4, -0.2) is 15.0 Å².